The van der Waals surface area contributed by atoms with Crippen LogP contribution in [0.4, 0.5) is 0 Å². The third kappa shape index (κ3) is 2.63. The molecule has 0 bridgehead atoms. The maximum atomic E-state index is 13.0. The van der Waals surface area contributed by atoms with Gasteiger partial charge < -0.3 is 9.64 Å². The average molecular weight is 318 g/mol. The first-order valence-electron chi connectivity index (χ1n) is 7.78. The molecule has 0 N–H and O–H groups in total. The molecule has 0 aliphatic carbocycles. The number of carbonyl (C=O) groups is 1. The maximum Gasteiger partial charge on any atom is 0.276 e. The number of ether oxygens (including phenoxy) is 1. The van der Waals surface area contributed by atoms with Gasteiger partial charge in [0.1, 0.15) is 0 Å². The molecule has 3 heterocycles. The van der Waals surface area contributed by atoms with Gasteiger partial charge in [0, 0.05) is 25.9 Å². The molecular weight excluding hydrogens is 296 g/mol. The Kier molecular flexibility index (Phi) is 3.93. The topological polar surface area (TPSA) is 78.1 Å². The second-order valence-electron chi connectivity index (χ2n) is 6.14. The van der Waals surface area contributed by atoms with Crippen molar-refractivity contribution in [1.82, 2.24) is 29.7 Å². The Balaban J connectivity index is 1.93. The van der Waals surface area contributed by atoms with E-state index in [1.807, 2.05) is 38.1 Å². The number of morpholine rings is 1. The van der Waals surface area contributed by atoms with Gasteiger partial charge in [-0.3, -0.25) is 9.48 Å². The largest absolute Gasteiger partial charge is 0.377 e. The smallest absolute Gasteiger partial charge is 0.276 e. The molecule has 0 aromatic carbocycles. The molecule has 1 aliphatic rings. The second-order valence-corrected chi connectivity index (χ2v) is 6.14. The predicted octanol–water partition coefficient (Wildman–Crippen LogP) is 0.950. The Bertz CT molecular complexity index is 721. The molecule has 1 saturated heterocycles. The van der Waals surface area contributed by atoms with E-state index in [9.17, 15) is 4.79 Å². The van der Waals surface area contributed by atoms with Gasteiger partial charge >= 0.3 is 0 Å². The van der Waals surface area contributed by atoms with Crippen molar-refractivity contribution in [3.8, 4) is 5.82 Å². The van der Waals surface area contributed by atoms with Crippen molar-refractivity contribution in [2.45, 2.75) is 32.7 Å². The summed E-state index contributed by atoms with van der Waals surface area (Å²) in [5.74, 6) is 0.550. The van der Waals surface area contributed by atoms with E-state index < -0.39 is 0 Å². The minimum Gasteiger partial charge on any atom is -0.377 e. The summed E-state index contributed by atoms with van der Waals surface area (Å²) in [6.45, 7) is 7.61. The molecule has 1 atom stereocenters. The molecule has 8 nitrogen and oxygen atoms in total. The van der Waals surface area contributed by atoms with Crippen molar-refractivity contribution in [2.24, 2.45) is 7.05 Å². The lowest BCUT2D eigenvalue weighted by atomic mass is 9.95. The van der Waals surface area contributed by atoms with E-state index in [1.165, 1.54) is 0 Å². The number of hydrogen-bond acceptors (Lipinski definition) is 5. The van der Waals surface area contributed by atoms with E-state index >= 15 is 0 Å². The van der Waals surface area contributed by atoms with Gasteiger partial charge in [0.25, 0.3) is 5.91 Å². The van der Waals surface area contributed by atoms with Crippen molar-refractivity contribution >= 4 is 5.91 Å². The molecule has 23 heavy (non-hydrogen) atoms. The van der Waals surface area contributed by atoms with Gasteiger partial charge in [-0.15, -0.1) is 5.10 Å². The quantitative estimate of drug-likeness (QED) is 0.842. The van der Waals surface area contributed by atoms with Crippen LogP contribution in [0.25, 0.3) is 5.82 Å². The lowest BCUT2D eigenvalue weighted by Gasteiger charge is -2.43. The first kappa shape index (κ1) is 15.7. The fraction of sp³-hybridized carbons (Fsp3) is 0.600. The second kappa shape index (κ2) is 5.77. The van der Waals surface area contributed by atoms with Gasteiger partial charge in [0.2, 0.25) is 0 Å². The zero-order valence-corrected chi connectivity index (χ0v) is 14.0. The van der Waals surface area contributed by atoms with E-state index in [1.54, 1.807) is 9.36 Å². The fourth-order valence-electron chi connectivity index (χ4n) is 2.82. The van der Waals surface area contributed by atoms with Crippen LogP contribution in [0.2, 0.25) is 0 Å². The first-order chi connectivity index (χ1) is 11.0. The molecule has 2 aromatic heterocycles. The molecule has 0 spiro atoms. The van der Waals surface area contributed by atoms with Crippen LogP contribution in [0.5, 0.6) is 0 Å². The van der Waals surface area contributed by atoms with Crippen molar-refractivity contribution in [2.75, 3.05) is 19.8 Å². The van der Waals surface area contributed by atoms with E-state index in [0.717, 1.165) is 6.42 Å². The molecule has 3 rings (SSSR count). The van der Waals surface area contributed by atoms with E-state index in [-0.39, 0.29) is 11.4 Å². The average Bonchev–Trinajstić information content (AvgIpc) is 3.13. The highest BCUT2D eigenvalue weighted by Gasteiger charge is 2.38. The van der Waals surface area contributed by atoms with E-state index in [4.69, 9.17) is 4.74 Å². The van der Waals surface area contributed by atoms with Crippen LogP contribution in [0.1, 0.15) is 36.5 Å². The highest BCUT2D eigenvalue weighted by atomic mass is 16.5. The van der Waals surface area contributed by atoms with Crippen molar-refractivity contribution in [3.05, 3.63) is 23.7 Å². The zero-order chi connectivity index (χ0) is 16.6. The summed E-state index contributed by atoms with van der Waals surface area (Å²) in [5.41, 5.74) is 0.757. The van der Waals surface area contributed by atoms with Gasteiger partial charge in [-0.25, -0.2) is 0 Å². The highest BCUT2D eigenvalue weighted by molar-refractivity contribution is 5.94. The Morgan fingerprint density at radius 1 is 1.48 bits per heavy atom. The Morgan fingerprint density at radius 2 is 2.26 bits per heavy atom. The lowest BCUT2D eigenvalue weighted by molar-refractivity contribution is -0.0468. The molecule has 1 amide bonds. The van der Waals surface area contributed by atoms with Crippen molar-refractivity contribution in [1.29, 1.82) is 0 Å². The maximum absolute atomic E-state index is 13.0. The summed E-state index contributed by atoms with van der Waals surface area (Å²) >= 11 is 0. The number of amides is 1. The molecule has 1 aliphatic heterocycles. The van der Waals surface area contributed by atoms with Crippen LogP contribution >= 0.6 is 0 Å². The SMILES string of the molecule is CCC1(C)COCCN1C(=O)c1nnn(-c2ccn(C)n2)c1C. The molecule has 1 unspecified atom stereocenters. The zero-order valence-electron chi connectivity index (χ0n) is 14.0. The van der Waals surface area contributed by atoms with Crippen molar-refractivity contribution < 1.29 is 9.53 Å². The monoisotopic (exact) mass is 318 g/mol. The van der Waals surface area contributed by atoms with Gasteiger partial charge in [-0.2, -0.15) is 9.78 Å². The van der Waals surface area contributed by atoms with Gasteiger partial charge in [0.05, 0.1) is 24.4 Å². The summed E-state index contributed by atoms with van der Waals surface area (Å²) in [5, 5.41) is 12.5. The third-order valence-electron chi connectivity index (χ3n) is 4.54. The fourth-order valence-corrected chi connectivity index (χ4v) is 2.82. The lowest BCUT2D eigenvalue weighted by Crippen LogP contribution is -2.57. The molecule has 2 aromatic rings. The summed E-state index contributed by atoms with van der Waals surface area (Å²) in [6.07, 6.45) is 2.65. The number of nitrogens with zero attached hydrogens (tertiary/aromatic N) is 6. The molecule has 0 saturated carbocycles. The van der Waals surface area contributed by atoms with Crippen molar-refractivity contribution in [3.63, 3.8) is 0 Å². The molecule has 124 valence electrons. The molecule has 1 fully saturated rings. The molecular formula is C15H22N6O2. The van der Waals surface area contributed by atoms with Crippen LogP contribution in [0, 0.1) is 6.92 Å². The summed E-state index contributed by atoms with van der Waals surface area (Å²) in [4.78, 5) is 14.8. The Labute approximate surface area is 135 Å². The summed E-state index contributed by atoms with van der Waals surface area (Å²) < 4.78 is 8.83. The van der Waals surface area contributed by atoms with E-state index in [0.29, 0.717) is 37.0 Å². The Hall–Kier alpha value is -2.22. The summed E-state index contributed by atoms with van der Waals surface area (Å²) in [6, 6.07) is 1.83. The minimum absolute atomic E-state index is 0.0997. The number of rotatable bonds is 3. The van der Waals surface area contributed by atoms with Gasteiger partial charge in [-0.1, -0.05) is 12.1 Å². The van der Waals surface area contributed by atoms with Crippen LogP contribution in [0.15, 0.2) is 12.3 Å². The molecule has 8 heteroatoms. The highest BCUT2D eigenvalue weighted by Crippen LogP contribution is 2.26. The van der Waals surface area contributed by atoms with Crippen LogP contribution < -0.4 is 0 Å². The third-order valence-corrected chi connectivity index (χ3v) is 4.54. The van der Waals surface area contributed by atoms with Crippen LogP contribution in [-0.4, -0.2) is 60.9 Å². The van der Waals surface area contributed by atoms with Crippen LogP contribution in [-0.2, 0) is 11.8 Å². The van der Waals surface area contributed by atoms with Crippen LogP contribution in [0.3, 0.4) is 0 Å². The summed E-state index contributed by atoms with van der Waals surface area (Å²) in [7, 11) is 1.84. The molecule has 0 radical (unpaired) electrons. The number of aryl methyl sites for hydroxylation is 1. The number of hydrogen-bond donors (Lipinski definition) is 0. The standard InChI is InChI=1S/C15H22N6O2/c1-5-15(3)10-23-9-8-20(15)14(22)13-11(2)21(18-16-13)12-6-7-19(4)17-12/h6-7H,5,8-10H2,1-4H3. The minimum atomic E-state index is -0.309. The predicted molar refractivity (Wildman–Crippen MR) is 83.4 cm³/mol. The first-order valence-corrected chi connectivity index (χ1v) is 7.78. The van der Waals surface area contributed by atoms with Gasteiger partial charge in [0.15, 0.2) is 11.5 Å². The Morgan fingerprint density at radius 3 is 2.91 bits per heavy atom. The van der Waals surface area contributed by atoms with E-state index in [2.05, 4.69) is 22.3 Å². The van der Waals surface area contributed by atoms with Gasteiger partial charge in [-0.05, 0) is 20.3 Å². The normalized spacial score (nSPS) is 21.7. The number of carbonyl (C=O) groups excluding carboxylic acids is 1. The number of aromatic nitrogens is 5.